The molecule has 0 aliphatic carbocycles. The van der Waals surface area contributed by atoms with Crippen LogP contribution >= 0.6 is 11.6 Å². The second-order valence-electron chi connectivity index (χ2n) is 7.68. The van der Waals surface area contributed by atoms with Gasteiger partial charge in [0.05, 0.1) is 23.6 Å². The number of hydrogen-bond acceptors (Lipinski definition) is 5. The standard InChI is InChI=1S/C24H26ClN3O5/c1-33-23(31)17-8-11-19-20(15-17)27-24(32)28(22(19)30)14-4-2-3-5-21(29)26-13-12-16-6-9-18(25)10-7-16/h6-11,15H,2-5,12-14H2,1H3,(H,26,29)(H,27,32). The van der Waals surface area contributed by atoms with Crippen molar-refractivity contribution in [2.45, 2.75) is 38.6 Å². The van der Waals surface area contributed by atoms with Crippen molar-refractivity contribution in [2.24, 2.45) is 0 Å². The van der Waals surface area contributed by atoms with E-state index in [0.29, 0.717) is 48.2 Å². The number of aromatic amines is 1. The molecule has 1 heterocycles. The van der Waals surface area contributed by atoms with Gasteiger partial charge in [-0.15, -0.1) is 0 Å². The molecule has 0 spiro atoms. The number of H-pyrrole nitrogens is 1. The van der Waals surface area contributed by atoms with Gasteiger partial charge >= 0.3 is 11.7 Å². The van der Waals surface area contributed by atoms with Gasteiger partial charge in [-0.3, -0.25) is 14.2 Å². The first-order valence-electron chi connectivity index (χ1n) is 10.8. The summed E-state index contributed by atoms with van der Waals surface area (Å²) in [7, 11) is 1.26. The summed E-state index contributed by atoms with van der Waals surface area (Å²) in [6, 6.07) is 11.9. The Morgan fingerprint density at radius 3 is 2.55 bits per heavy atom. The molecule has 2 aromatic carbocycles. The third-order valence-corrected chi connectivity index (χ3v) is 5.59. The van der Waals surface area contributed by atoms with Gasteiger partial charge in [-0.1, -0.05) is 30.2 Å². The molecule has 0 atom stereocenters. The highest BCUT2D eigenvalue weighted by Crippen LogP contribution is 2.11. The van der Waals surface area contributed by atoms with Crippen LogP contribution in [0.4, 0.5) is 0 Å². The Kier molecular flexibility index (Phi) is 8.43. The fourth-order valence-electron chi connectivity index (χ4n) is 3.52. The number of methoxy groups -OCH3 is 1. The lowest BCUT2D eigenvalue weighted by Gasteiger charge is -2.08. The summed E-state index contributed by atoms with van der Waals surface area (Å²) >= 11 is 5.86. The molecule has 2 N–H and O–H groups in total. The normalized spacial score (nSPS) is 10.8. The van der Waals surface area contributed by atoms with Crippen LogP contribution in [0.5, 0.6) is 0 Å². The Labute approximate surface area is 195 Å². The lowest BCUT2D eigenvalue weighted by Crippen LogP contribution is -2.35. The monoisotopic (exact) mass is 471 g/mol. The first kappa shape index (κ1) is 24.3. The summed E-state index contributed by atoms with van der Waals surface area (Å²) in [6.45, 7) is 0.807. The minimum atomic E-state index is -0.545. The number of halogens is 1. The number of esters is 1. The maximum atomic E-state index is 12.7. The van der Waals surface area contributed by atoms with Gasteiger partial charge in [0, 0.05) is 24.5 Å². The Morgan fingerprint density at radius 1 is 1.06 bits per heavy atom. The third kappa shape index (κ3) is 6.55. The maximum absolute atomic E-state index is 12.7. The molecule has 8 nitrogen and oxygen atoms in total. The number of nitrogens with zero attached hydrogens (tertiary/aromatic N) is 1. The lowest BCUT2D eigenvalue weighted by molar-refractivity contribution is -0.121. The molecule has 33 heavy (non-hydrogen) atoms. The van der Waals surface area contributed by atoms with Crippen LogP contribution in [0.25, 0.3) is 10.9 Å². The number of fused-ring (bicyclic) bond motifs is 1. The Morgan fingerprint density at radius 2 is 1.82 bits per heavy atom. The molecule has 0 bridgehead atoms. The predicted molar refractivity (Wildman–Crippen MR) is 127 cm³/mol. The molecular weight excluding hydrogens is 446 g/mol. The fraction of sp³-hybridized carbons (Fsp3) is 0.333. The SMILES string of the molecule is COC(=O)c1ccc2c(=O)n(CCCCCC(=O)NCCc3ccc(Cl)cc3)c(=O)[nH]c2c1. The Hall–Kier alpha value is -3.39. The number of carbonyl (C=O) groups is 2. The van der Waals surface area contributed by atoms with Crippen molar-refractivity contribution in [1.29, 1.82) is 0 Å². The van der Waals surface area contributed by atoms with Gasteiger partial charge in [0.2, 0.25) is 5.91 Å². The van der Waals surface area contributed by atoms with Gasteiger partial charge in [0.15, 0.2) is 0 Å². The highest BCUT2D eigenvalue weighted by Gasteiger charge is 2.11. The quantitative estimate of drug-likeness (QED) is 0.349. The van der Waals surface area contributed by atoms with E-state index < -0.39 is 17.2 Å². The highest BCUT2D eigenvalue weighted by molar-refractivity contribution is 6.30. The molecule has 1 aromatic heterocycles. The van der Waals surface area contributed by atoms with E-state index in [1.807, 2.05) is 24.3 Å². The van der Waals surface area contributed by atoms with Crippen molar-refractivity contribution in [3.05, 3.63) is 79.5 Å². The van der Waals surface area contributed by atoms with Crippen LogP contribution in [-0.4, -0.2) is 35.1 Å². The minimum Gasteiger partial charge on any atom is -0.465 e. The number of aromatic nitrogens is 2. The van der Waals surface area contributed by atoms with Crippen molar-refractivity contribution in [3.63, 3.8) is 0 Å². The van der Waals surface area contributed by atoms with Crippen LogP contribution < -0.4 is 16.6 Å². The summed E-state index contributed by atoms with van der Waals surface area (Å²) < 4.78 is 5.81. The summed E-state index contributed by atoms with van der Waals surface area (Å²) in [5.74, 6) is -0.568. The summed E-state index contributed by atoms with van der Waals surface area (Å²) in [6.07, 6.45) is 3.08. The van der Waals surface area contributed by atoms with Crippen LogP contribution in [-0.2, 0) is 22.5 Å². The van der Waals surface area contributed by atoms with E-state index in [1.165, 1.54) is 25.3 Å². The van der Waals surface area contributed by atoms with Crippen LogP contribution in [0.1, 0.15) is 41.6 Å². The molecule has 0 radical (unpaired) electrons. The average molecular weight is 472 g/mol. The summed E-state index contributed by atoms with van der Waals surface area (Å²) in [5, 5.41) is 3.90. The molecule has 1 amide bonds. The van der Waals surface area contributed by atoms with Gasteiger partial charge in [-0.05, 0) is 55.2 Å². The third-order valence-electron chi connectivity index (χ3n) is 5.34. The zero-order valence-corrected chi connectivity index (χ0v) is 19.1. The average Bonchev–Trinajstić information content (AvgIpc) is 2.81. The Balaban J connectivity index is 1.45. The molecule has 3 rings (SSSR count). The molecule has 0 fully saturated rings. The topological polar surface area (TPSA) is 110 Å². The maximum Gasteiger partial charge on any atom is 0.337 e. The zero-order chi connectivity index (χ0) is 23.8. The van der Waals surface area contributed by atoms with E-state index in [1.54, 1.807) is 0 Å². The number of hydrogen-bond donors (Lipinski definition) is 2. The van der Waals surface area contributed by atoms with Gasteiger partial charge in [0.25, 0.3) is 5.56 Å². The molecule has 0 saturated carbocycles. The number of carbonyl (C=O) groups excluding carboxylic acids is 2. The molecular formula is C24H26ClN3O5. The van der Waals surface area contributed by atoms with Crippen molar-refractivity contribution in [2.75, 3.05) is 13.7 Å². The lowest BCUT2D eigenvalue weighted by atomic mass is 10.1. The van der Waals surface area contributed by atoms with Gasteiger partial charge < -0.3 is 15.0 Å². The first-order valence-corrected chi connectivity index (χ1v) is 11.1. The zero-order valence-electron chi connectivity index (χ0n) is 18.4. The summed E-state index contributed by atoms with van der Waals surface area (Å²) in [5.41, 5.74) is 0.704. The van der Waals surface area contributed by atoms with E-state index in [9.17, 15) is 19.2 Å². The molecule has 0 aliphatic heterocycles. The van der Waals surface area contributed by atoms with E-state index in [0.717, 1.165) is 16.6 Å². The number of benzene rings is 2. The largest absolute Gasteiger partial charge is 0.465 e. The number of rotatable bonds is 10. The molecule has 0 saturated heterocycles. The van der Waals surface area contributed by atoms with Crippen LogP contribution in [0.2, 0.25) is 5.02 Å². The van der Waals surface area contributed by atoms with Gasteiger partial charge in [-0.25, -0.2) is 9.59 Å². The second-order valence-corrected chi connectivity index (χ2v) is 8.11. The second kappa shape index (κ2) is 11.5. The van der Waals surface area contributed by atoms with Crippen LogP contribution in [0, 0.1) is 0 Å². The number of unbranched alkanes of at least 4 members (excludes halogenated alkanes) is 2. The van der Waals surface area contributed by atoms with Crippen LogP contribution in [0.15, 0.2) is 52.1 Å². The van der Waals surface area contributed by atoms with Crippen molar-refractivity contribution in [3.8, 4) is 0 Å². The molecule has 0 unspecified atom stereocenters. The molecule has 9 heteroatoms. The fourth-order valence-corrected chi connectivity index (χ4v) is 3.65. The summed E-state index contributed by atoms with van der Waals surface area (Å²) in [4.78, 5) is 51.3. The van der Waals surface area contributed by atoms with E-state index in [2.05, 4.69) is 15.0 Å². The van der Waals surface area contributed by atoms with Crippen LogP contribution in [0.3, 0.4) is 0 Å². The number of nitrogens with one attached hydrogen (secondary N) is 2. The van der Waals surface area contributed by atoms with Gasteiger partial charge in [0.1, 0.15) is 0 Å². The van der Waals surface area contributed by atoms with Crippen molar-refractivity contribution in [1.82, 2.24) is 14.9 Å². The number of amides is 1. The number of ether oxygens (including phenoxy) is 1. The molecule has 3 aromatic rings. The van der Waals surface area contributed by atoms with E-state index in [4.69, 9.17) is 11.6 Å². The van der Waals surface area contributed by atoms with E-state index >= 15 is 0 Å². The smallest absolute Gasteiger partial charge is 0.337 e. The first-order chi connectivity index (χ1) is 15.9. The Bertz CT molecular complexity index is 1250. The van der Waals surface area contributed by atoms with Crippen molar-refractivity contribution < 1.29 is 14.3 Å². The molecule has 0 aliphatic rings. The predicted octanol–water partition coefficient (Wildman–Crippen LogP) is 3.05. The van der Waals surface area contributed by atoms with Gasteiger partial charge in [-0.2, -0.15) is 0 Å². The highest BCUT2D eigenvalue weighted by atomic mass is 35.5. The van der Waals surface area contributed by atoms with E-state index in [-0.39, 0.29) is 18.0 Å². The molecule has 174 valence electrons. The van der Waals surface area contributed by atoms with Crippen molar-refractivity contribution >= 4 is 34.4 Å². The minimum absolute atomic E-state index is 0.0221.